The second kappa shape index (κ2) is 9.08. The van der Waals surface area contributed by atoms with Crippen molar-refractivity contribution in [3.05, 3.63) is 101 Å². The highest BCUT2D eigenvalue weighted by molar-refractivity contribution is 5.64. The predicted octanol–water partition coefficient (Wildman–Crippen LogP) is 5.97. The minimum atomic E-state index is 0.420. The molecule has 0 amide bonds. The topological polar surface area (TPSA) is 8.91 Å². The molecule has 0 fully saturated rings. The Balaban J connectivity index is 1.86. The van der Waals surface area contributed by atoms with Gasteiger partial charge in [-0.15, -0.1) is 0 Å². The van der Waals surface area contributed by atoms with E-state index in [4.69, 9.17) is 0 Å². The molecule has 32 heavy (non-hydrogen) atoms. The van der Waals surface area contributed by atoms with Crippen LogP contribution in [0, 0.1) is 6.72 Å². The van der Waals surface area contributed by atoms with Crippen LogP contribution in [0.5, 0.6) is 0 Å². The van der Waals surface area contributed by atoms with E-state index in [2.05, 4.69) is 114 Å². The number of benzene rings is 2. The first-order valence-corrected chi connectivity index (χ1v) is 11.6. The molecule has 2 nitrogen and oxygen atoms in total. The van der Waals surface area contributed by atoms with Gasteiger partial charge < -0.3 is 0 Å². The highest BCUT2D eigenvalue weighted by atomic mass is 15.0. The Morgan fingerprint density at radius 2 is 1.47 bits per heavy atom. The summed E-state index contributed by atoms with van der Waals surface area (Å²) in [5.41, 5.74) is 9.04. The highest BCUT2D eigenvalue weighted by Crippen LogP contribution is 2.34. The zero-order valence-corrected chi connectivity index (χ0v) is 19.8. The van der Waals surface area contributed by atoms with Crippen molar-refractivity contribution in [2.75, 3.05) is 0 Å². The SMILES string of the molecule is C=[N+](C=c1cccc(-c2cccc3c2CC=CC3)[n+]1=C)c1c(C(C)C)cccc1C(C)C. The third-order valence-electron chi connectivity index (χ3n) is 6.42. The van der Waals surface area contributed by atoms with Crippen LogP contribution in [-0.4, -0.2) is 11.3 Å². The highest BCUT2D eigenvalue weighted by Gasteiger charge is 2.22. The van der Waals surface area contributed by atoms with Gasteiger partial charge in [0.05, 0.1) is 5.56 Å². The molecule has 0 aliphatic heterocycles. The number of para-hydroxylation sites is 1. The average molecular weight is 423 g/mol. The van der Waals surface area contributed by atoms with Crippen LogP contribution in [0.2, 0.25) is 0 Å². The van der Waals surface area contributed by atoms with E-state index in [-0.39, 0.29) is 0 Å². The maximum absolute atomic E-state index is 4.43. The van der Waals surface area contributed by atoms with Crippen LogP contribution in [0.4, 0.5) is 5.69 Å². The lowest BCUT2D eigenvalue weighted by Gasteiger charge is -2.14. The number of hydrogen-bond donors (Lipinski definition) is 0. The molecule has 2 heteroatoms. The van der Waals surface area contributed by atoms with Crippen molar-refractivity contribution >= 4 is 18.6 Å². The Bertz CT molecular complexity index is 1280. The Morgan fingerprint density at radius 3 is 2.16 bits per heavy atom. The second-order valence-electron chi connectivity index (χ2n) is 9.28. The second-order valence-corrected chi connectivity index (χ2v) is 9.28. The van der Waals surface area contributed by atoms with E-state index in [9.17, 15) is 0 Å². The third kappa shape index (κ3) is 4.10. The molecule has 4 rings (SSSR count). The molecule has 1 aromatic heterocycles. The molecule has 0 N–H and O–H groups in total. The van der Waals surface area contributed by atoms with Gasteiger partial charge in [-0.25, -0.2) is 0 Å². The first-order valence-electron chi connectivity index (χ1n) is 11.6. The molecule has 0 unspecified atom stereocenters. The minimum Gasteiger partial charge on any atom is -0.167 e. The van der Waals surface area contributed by atoms with E-state index < -0.39 is 0 Å². The van der Waals surface area contributed by atoms with E-state index in [1.54, 1.807) is 0 Å². The Labute approximate surface area is 192 Å². The molecule has 1 heterocycles. The molecule has 0 bridgehead atoms. The smallest absolute Gasteiger partial charge is 0.167 e. The van der Waals surface area contributed by atoms with Gasteiger partial charge in [0.2, 0.25) is 17.6 Å². The van der Waals surface area contributed by atoms with E-state index in [0.29, 0.717) is 11.8 Å². The van der Waals surface area contributed by atoms with Gasteiger partial charge in [0.15, 0.2) is 0 Å². The molecule has 0 saturated heterocycles. The number of aromatic nitrogens is 1. The zero-order chi connectivity index (χ0) is 22.8. The fraction of sp³-hybridized carbons (Fsp3) is 0.267. The van der Waals surface area contributed by atoms with Gasteiger partial charge in [-0.05, 0) is 47.9 Å². The van der Waals surface area contributed by atoms with Crippen molar-refractivity contribution in [3.63, 3.8) is 0 Å². The van der Waals surface area contributed by atoms with E-state index in [1.807, 2.05) is 8.82 Å². The normalized spacial score (nSPS) is 13.6. The summed E-state index contributed by atoms with van der Waals surface area (Å²) in [6.45, 7) is 17.8. The third-order valence-corrected chi connectivity index (χ3v) is 6.42. The van der Waals surface area contributed by atoms with Gasteiger partial charge in [-0.2, -0.15) is 8.82 Å². The molecule has 1 aliphatic rings. The van der Waals surface area contributed by atoms with Gasteiger partial charge >= 0.3 is 0 Å². The molecule has 0 spiro atoms. The average Bonchev–Trinajstić information content (AvgIpc) is 2.79. The van der Waals surface area contributed by atoms with Gasteiger partial charge in [-0.1, -0.05) is 70.2 Å². The van der Waals surface area contributed by atoms with Crippen LogP contribution in [-0.2, 0) is 12.8 Å². The van der Waals surface area contributed by atoms with Crippen LogP contribution < -0.4 is 9.59 Å². The van der Waals surface area contributed by atoms with Gasteiger partial charge in [0, 0.05) is 23.3 Å². The monoisotopic (exact) mass is 422 g/mol. The lowest BCUT2D eigenvalue weighted by Crippen LogP contribution is -2.38. The first-order chi connectivity index (χ1) is 15.4. The molecule has 1 aliphatic carbocycles. The van der Waals surface area contributed by atoms with Crippen molar-refractivity contribution < 1.29 is 8.82 Å². The quantitative estimate of drug-likeness (QED) is 0.272. The molecule has 0 radical (unpaired) electrons. The largest absolute Gasteiger partial charge is 0.275 e. The van der Waals surface area contributed by atoms with Crippen molar-refractivity contribution in [2.24, 2.45) is 0 Å². The molecule has 0 saturated carbocycles. The number of nitrogens with zero attached hydrogens (tertiary/aromatic N) is 2. The molecular weight excluding hydrogens is 388 g/mol. The summed E-state index contributed by atoms with van der Waals surface area (Å²) in [5, 5.41) is 1.02. The maximum atomic E-state index is 4.43. The summed E-state index contributed by atoms with van der Waals surface area (Å²) in [7, 11) is 0. The summed E-state index contributed by atoms with van der Waals surface area (Å²) in [5.74, 6) is 0.840. The standard InChI is InChI=1S/C30H34N2/c1-21(2)25-16-11-17-26(22(3)4)30(25)31(5)20-24-14-10-19-29(32(24)6)28-18-9-13-23-12-7-8-15-27(23)28/h7-11,13-14,16-22H,5-6,12,15H2,1-4H3/q+2. The Kier molecular flexibility index (Phi) is 6.23. The van der Waals surface area contributed by atoms with E-state index >= 15 is 0 Å². The van der Waals surface area contributed by atoms with Crippen molar-refractivity contribution in [2.45, 2.75) is 52.4 Å². The van der Waals surface area contributed by atoms with Gasteiger partial charge in [0.25, 0.3) is 5.35 Å². The number of rotatable bonds is 5. The van der Waals surface area contributed by atoms with Crippen molar-refractivity contribution in [1.29, 1.82) is 0 Å². The van der Waals surface area contributed by atoms with Crippen LogP contribution >= 0.6 is 0 Å². The molecule has 3 aromatic rings. The molecule has 0 atom stereocenters. The molecule has 162 valence electrons. The summed E-state index contributed by atoms with van der Waals surface area (Å²) < 4.78 is 4.08. The summed E-state index contributed by atoms with van der Waals surface area (Å²) >= 11 is 0. The van der Waals surface area contributed by atoms with Crippen molar-refractivity contribution in [1.82, 2.24) is 0 Å². The number of fused-ring (bicyclic) bond motifs is 1. The fourth-order valence-corrected chi connectivity index (χ4v) is 4.69. The van der Waals surface area contributed by atoms with Gasteiger partial charge in [0.1, 0.15) is 13.4 Å². The summed E-state index contributed by atoms with van der Waals surface area (Å²) in [6.07, 6.45) is 8.61. The van der Waals surface area contributed by atoms with Crippen LogP contribution in [0.25, 0.3) is 17.5 Å². The Morgan fingerprint density at radius 1 is 0.844 bits per heavy atom. The zero-order valence-electron chi connectivity index (χ0n) is 19.8. The lowest BCUT2D eigenvalue weighted by atomic mass is 9.91. The number of hydrogen-bond acceptors (Lipinski definition) is 0. The maximum Gasteiger partial charge on any atom is 0.275 e. The molecule has 2 aromatic carbocycles. The minimum absolute atomic E-state index is 0.420. The van der Waals surface area contributed by atoms with E-state index in [0.717, 1.165) is 23.9 Å². The van der Waals surface area contributed by atoms with Crippen LogP contribution in [0.15, 0.2) is 66.7 Å². The molecular formula is C30H34N2+2. The number of pyridine rings is 1. The summed E-state index contributed by atoms with van der Waals surface area (Å²) in [6, 6.07) is 19.6. The van der Waals surface area contributed by atoms with Crippen molar-refractivity contribution in [3.8, 4) is 11.3 Å². The Hall–Kier alpha value is -3.26. The summed E-state index contributed by atoms with van der Waals surface area (Å²) in [4.78, 5) is 0. The number of allylic oxidation sites excluding steroid dienone is 2. The van der Waals surface area contributed by atoms with Crippen LogP contribution in [0.1, 0.15) is 61.8 Å². The fourth-order valence-electron chi connectivity index (χ4n) is 4.69. The predicted molar refractivity (Wildman–Crippen MR) is 135 cm³/mol. The van der Waals surface area contributed by atoms with E-state index in [1.165, 1.54) is 33.5 Å². The van der Waals surface area contributed by atoms with Crippen LogP contribution in [0.3, 0.4) is 0 Å². The first kappa shape index (κ1) is 22.0. The van der Waals surface area contributed by atoms with Gasteiger partial charge in [-0.3, -0.25) is 0 Å². The lowest BCUT2D eigenvalue weighted by molar-refractivity contribution is -0.506.